The predicted octanol–water partition coefficient (Wildman–Crippen LogP) is -1.07. The fourth-order valence-corrected chi connectivity index (χ4v) is 2.41. The van der Waals surface area contributed by atoms with E-state index in [1.54, 1.807) is 13.8 Å². The van der Waals surface area contributed by atoms with E-state index in [2.05, 4.69) is 10.5 Å². The van der Waals surface area contributed by atoms with Crippen LogP contribution in [0.1, 0.15) is 33.4 Å². The monoisotopic (exact) mass is 387 g/mol. The molecule has 1 aromatic rings. The van der Waals surface area contributed by atoms with Gasteiger partial charge < -0.3 is 29.6 Å². The standard InChI is InChI=1S/C16H25N3O8/c1-4-7-25-16(2,3)14(23)27-18-10-5-6-19(15(24)17-10)13-12(22)11(21)9(8-20)26-13/h5-6,9,11-13,20-22H,4,7-8H2,1-3H3,(H,17,18,24)/t9-,11-,12-,13-/m1/s1. The third-order valence-electron chi connectivity index (χ3n) is 4.03. The maximum atomic E-state index is 12.2. The fourth-order valence-electron chi connectivity index (χ4n) is 2.41. The molecule has 11 nitrogen and oxygen atoms in total. The number of nitrogens with zero attached hydrogens (tertiary/aromatic N) is 2. The highest BCUT2D eigenvalue weighted by Gasteiger charge is 2.43. The molecule has 0 saturated carbocycles. The van der Waals surface area contributed by atoms with Gasteiger partial charge in [0.05, 0.1) is 6.61 Å². The molecule has 0 aliphatic carbocycles. The average Bonchev–Trinajstić information content (AvgIpc) is 2.92. The van der Waals surface area contributed by atoms with E-state index < -0.39 is 48.4 Å². The number of hydrogen-bond acceptors (Lipinski definition) is 10. The predicted molar refractivity (Wildman–Crippen MR) is 91.5 cm³/mol. The molecule has 1 aromatic heterocycles. The van der Waals surface area contributed by atoms with Gasteiger partial charge in [-0.3, -0.25) is 4.57 Å². The molecule has 11 heteroatoms. The summed E-state index contributed by atoms with van der Waals surface area (Å²) < 4.78 is 11.6. The first-order chi connectivity index (χ1) is 12.7. The smallest absolute Gasteiger partial charge is 0.363 e. The topological polar surface area (TPSA) is 152 Å². The average molecular weight is 387 g/mol. The molecule has 0 unspecified atom stereocenters. The molecule has 2 heterocycles. The normalized spacial score (nSPS) is 25.4. The number of nitrogens with one attached hydrogen (secondary N) is 1. The molecule has 0 radical (unpaired) electrons. The van der Waals surface area contributed by atoms with Crippen molar-refractivity contribution in [2.24, 2.45) is 0 Å². The van der Waals surface area contributed by atoms with Crippen LogP contribution in [0, 0.1) is 0 Å². The Kier molecular flexibility index (Phi) is 6.89. The van der Waals surface area contributed by atoms with E-state index in [9.17, 15) is 19.8 Å². The quantitative estimate of drug-likeness (QED) is 0.406. The molecule has 0 spiro atoms. The lowest BCUT2D eigenvalue weighted by atomic mass is 10.1. The Balaban J connectivity index is 2.03. The summed E-state index contributed by atoms with van der Waals surface area (Å²) in [5, 5.41) is 28.8. The van der Waals surface area contributed by atoms with Crippen LogP contribution >= 0.6 is 0 Å². The van der Waals surface area contributed by atoms with Gasteiger partial charge in [0, 0.05) is 18.9 Å². The maximum absolute atomic E-state index is 12.2. The number of hydrogen-bond donors (Lipinski definition) is 4. The van der Waals surface area contributed by atoms with Crippen LogP contribution in [-0.2, 0) is 19.1 Å². The lowest BCUT2D eigenvalue weighted by Gasteiger charge is -2.22. The molecule has 0 aromatic carbocycles. The van der Waals surface area contributed by atoms with Gasteiger partial charge in [0.1, 0.15) is 18.3 Å². The van der Waals surface area contributed by atoms with Crippen molar-refractivity contribution in [3.8, 4) is 0 Å². The van der Waals surface area contributed by atoms with E-state index in [0.717, 1.165) is 11.0 Å². The highest BCUT2D eigenvalue weighted by atomic mass is 16.7. The van der Waals surface area contributed by atoms with E-state index in [0.29, 0.717) is 6.61 Å². The van der Waals surface area contributed by atoms with Crippen LogP contribution in [0.5, 0.6) is 0 Å². The molecule has 2 rings (SSSR count). The summed E-state index contributed by atoms with van der Waals surface area (Å²) in [5.41, 5.74) is 0.295. The molecule has 1 saturated heterocycles. The Morgan fingerprint density at radius 1 is 1.41 bits per heavy atom. The summed E-state index contributed by atoms with van der Waals surface area (Å²) >= 11 is 0. The molecule has 0 amide bonds. The molecule has 1 fully saturated rings. The van der Waals surface area contributed by atoms with Gasteiger partial charge in [0.15, 0.2) is 17.6 Å². The number of carbonyl (C=O) groups is 1. The molecular weight excluding hydrogens is 362 g/mol. The highest BCUT2D eigenvalue weighted by Crippen LogP contribution is 2.28. The minimum absolute atomic E-state index is 0.0392. The molecule has 4 N–H and O–H groups in total. The minimum Gasteiger partial charge on any atom is -0.394 e. The molecule has 27 heavy (non-hydrogen) atoms. The number of aliphatic hydroxyl groups is 3. The van der Waals surface area contributed by atoms with Gasteiger partial charge >= 0.3 is 11.7 Å². The first kappa shape index (κ1) is 21.3. The fraction of sp³-hybridized carbons (Fsp3) is 0.688. The Morgan fingerprint density at radius 2 is 2.11 bits per heavy atom. The summed E-state index contributed by atoms with van der Waals surface area (Å²) in [7, 11) is 0. The van der Waals surface area contributed by atoms with Crippen molar-refractivity contribution in [1.82, 2.24) is 9.55 Å². The van der Waals surface area contributed by atoms with E-state index in [4.69, 9.17) is 19.4 Å². The zero-order valence-electron chi connectivity index (χ0n) is 15.4. The van der Waals surface area contributed by atoms with Crippen molar-refractivity contribution in [2.75, 3.05) is 18.7 Å². The van der Waals surface area contributed by atoms with Gasteiger partial charge in [0.2, 0.25) is 0 Å². The van der Waals surface area contributed by atoms with E-state index in [-0.39, 0.29) is 5.82 Å². The first-order valence-electron chi connectivity index (χ1n) is 8.54. The van der Waals surface area contributed by atoms with Crippen molar-refractivity contribution >= 4 is 11.8 Å². The van der Waals surface area contributed by atoms with Crippen LogP contribution in [-0.4, -0.2) is 68.0 Å². The van der Waals surface area contributed by atoms with Gasteiger partial charge in [-0.2, -0.15) is 4.98 Å². The number of carbonyl (C=O) groups excluding carboxylic acids is 1. The zero-order valence-corrected chi connectivity index (χ0v) is 15.4. The Morgan fingerprint density at radius 3 is 2.67 bits per heavy atom. The van der Waals surface area contributed by atoms with Crippen LogP contribution in [0.3, 0.4) is 0 Å². The molecule has 4 atom stereocenters. The summed E-state index contributed by atoms with van der Waals surface area (Å²) in [4.78, 5) is 32.8. The van der Waals surface area contributed by atoms with Crippen molar-refractivity contribution < 1.29 is 34.4 Å². The molecule has 152 valence electrons. The van der Waals surface area contributed by atoms with E-state index in [1.165, 1.54) is 12.3 Å². The summed E-state index contributed by atoms with van der Waals surface area (Å²) in [6.07, 6.45) is -2.96. The van der Waals surface area contributed by atoms with E-state index >= 15 is 0 Å². The second-order valence-corrected chi connectivity index (χ2v) is 6.58. The van der Waals surface area contributed by atoms with Crippen LogP contribution < -0.4 is 11.2 Å². The number of aromatic nitrogens is 2. The largest absolute Gasteiger partial charge is 0.394 e. The number of ether oxygens (including phenoxy) is 2. The maximum Gasteiger partial charge on any atom is 0.363 e. The lowest BCUT2D eigenvalue weighted by Crippen LogP contribution is -2.38. The second kappa shape index (κ2) is 8.76. The van der Waals surface area contributed by atoms with Gasteiger partial charge in [-0.1, -0.05) is 6.92 Å². The van der Waals surface area contributed by atoms with Gasteiger partial charge in [0.25, 0.3) is 0 Å². The third kappa shape index (κ3) is 4.82. The van der Waals surface area contributed by atoms with Crippen LogP contribution in [0.4, 0.5) is 5.82 Å². The summed E-state index contributed by atoms with van der Waals surface area (Å²) in [6, 6.07) is 1.32. The van der Waals surface area contributed by atoms with Gasteiger partial charge in [-0.25, -0.2) is 15.1 Å². The Hall–Kier alpha value is -2.05. The summed E-state index contributed by atoms with van der Waals surface area (Å²) in [5.74, 6) is -0.729. The van der Waals surface area contributed by atoms with Crippen molar-refractivity contribution in [3.05, 3.63) is 22.7 Å². The van der Waals surface area contributed by atoms with Gasteiger partial charge in [-0.15, -0.1) is 0 Å². The van der Waals surface area contributed by atoms with Crippen LogP contribution in [0.15, 0.2) is 17.1 Å². The Bertz CT molecular complexity index is 707. The SMILES string of the molecule is CCCOC(C)(C)C(=O)ONc1ccn([C@@H]2O[C@H](CO)[C@@H](O)[C@H]2O)c(=O)n1. The molecule has 0 bridgehead atoms. The number of anilines is 1. The van der Waals surface area contributed by atoms with Crippen LogP contribution in [0.25, 0.3) is 0 Å². The number of aliphatic hydroxyl groups excluding tert-OH is 3. The van der Waals surface area contributed by atoms with E-state index in [1.807, 2.05) is 6.92 Å². The van der Waals surface area contributed by atoms with Crippen molar-refractivity contribution in [2.45, 2.75) is 57.3 Å². The second-order valence-electron chi connectivity index (χ2n) is 6.58. The molecular formula is C16H25N3O8. The Labute approximate surface area is 155 Å². The lowest BCUT2D eigenvalue weighted by molar-refractivity contribution is -0.165. The van der Waals surface area contributed by atoms with Crippen LogP contribution in [0.2, 0.25) is 0 Å². The zero-order chi connectivity index (χ0) is 20.2. The minimum atomic E-state index is -1.41. The highest BCUT2D eigenvalue weighted by molar-refractivity contribution is 5.79. The van der Waals surface area contributed by atoms with Gasteiger partial charge in [-0.05, 0) is 20.3 Å². The molecule has 1 aliphatic rings. The molecule has 1 aliphatic heterocycles. The van der Waals surface area contributed by atoms with Crippen molar-refractivity contribution in [3.63, 3.8) is 0 Å². The summed E-state index contributed by atoms with van der Waals surface area (Å²) in [6.45, 7) is 4.90. The van der Waals surface area contributed by atoms with Crippen molar-refractivity contribution in [1.29, 1.82) is 0 Å². The third-order valence-corrected chi connectivity index (χ3v) is 4.03. The first-order valence-corrected chi connectivity index (χ1v) is 8.54. The number of rotatable bonds is 8.